The molecule has 2 aromatic rings. The molecule has 0 saturated heterocycles. The molecule has 1 aliphatic rings. The van der Waals surface area contributed by atoms with Crippen LogP contribution in [0, 0.1) is 0 Å². The van der Waals surface area contributed by atoms with Gasteiger partial charge in [0, 0.05) is 18.6 Å². The normalized spacial score (nSPS) is 15.5. The van der Waals surface area contributed by atoms with Crippen molar-refractivity contribution in [2.75, 3.05) is 32.7 Å². The van der Waals surface area contributed by atoms with Crippen LogP contribution in [-0.4, -0.2) is 54.2 Å². The van der Waals surface area contributed by atoms with Gasteiger partial charge in [-0.1, -0.05) is 81.4 Å². The molecule has 230 valence electrons. The van der Waals surface area contributed by atoms with Gasteiger partial charge in [-0.15, -0.1) is 22.7 Å². The number of unbranched alkanes of at least 4 members (excludes halogenated alkanes) is 3. The fraction of sp³-hybridized carbons (Fsp3) is 0.516. The summed E-state index contributed by atoms with van der Waals surface area (Å²) in [6.07, 6.45) is 8.47. The van der Waals surface area contributed by atoms with E-state index in [0.717, 1.165) is 57.0 Å². The van der Waals surface area contributed by atoms with Crippen molar-refractivity contribution in [3.8, 4) is 0 Å². The third-order valence-corrected chi connectivity index (χ3v) is 19.9. The number of thioether (sulfide) groups is 2. The van der Waals surface area contributed by atoms with Crippen molar-refractivity contribution in [3.63, 3.8) is 0 Å². The number of methoxy groups -OCH3 is 2. The monoisotopic (exact) mass is 668 g/mol. The predicted molar refractivity (Wildman–Crippen MR) is 180 cm³/mol. The number of ether oxygens (including phenoxy) is 2. The number of carbonyl (C=O) groups is 3. The van der Waals surface area contributed by atoms with Crippen LogP contribution in [0.15, 0.2) is 50.4 Å². The Hall–Kier alpha value is -1.58. The van der Waals surface area contributed by atoms with Crippen LogP contribution in [0.1, 0.15) is 80.3 Å². The maximum absolute atomic E-state index is 14.6. The first-order valence-corrected chi connectivity index (χ1v) is 20.1. The summed E-state index contributed by atoms with van der Waals surface area (Å²) in [5, 5.41) is 18.3. The van der Waals surface area contributed by atoms with E-state index in [2.05, 4.69) is 20.8 Å². The van der Waals surface area contributed by atoms with Crippen LogP contribution in [-0.2, 0) is 19.1 Å². The molecule has 0 bridgehead atoms. The van der Waals surface area contributed by atoms with Crippen LogP contribution in [0.2, 0.25) is 0 Å². The zero-order valence-electron chi connectivity index (χ0n) is 25.1. The Balaban J connectivity index is 2.41. The van der Waals surface area contributed by atoms with Crippen molar-refractivity contribution < 1.29 is 29.0 Å². The van der Waals surface area contributed by atoms with Crippen molar-refractivity contribution in [1.82, 2.24) is 0 Å². The van der Waals surface area contributed by atoms with Gasteiger partial charge >= 0.3 is 11.9 Å². The Morgan fingerprint density at radius 3 is 1.62 bits per heavy atom. The molecule has 3 rings (SSSR count). The summed E-state index contributed by atoms with van der Waals surface area (Å²) >= 11 is 5.28. The van der Waals surface area contributed by atoms with Crippen LogP contribution >= 0.6 is 53.5 Å². The van der Waals surface area contributed by atoms with E-state index >= 15 is 0 Å². The van der Waals surface area contributed by atoms with E-state index < -0.39 is 23.0 Å². The first-order chi connectivity index (χ1) is 20.2. The van der Waals surface area contributed by atoms with Crippen LogP contribution in [0.4, 0.5) is 0 Å². The Labute approximate surface area is 267 Å². The van der Waals surface area contributed by atoms with E-state index in [1.54, 1.807) is 12.1 Å². The second-order valence-corrected chi connectivity index (χ2v) is 19.7. The number of thiophene rings is 2. The lowest BCUT2D eigenvalue weighted by Crippen LogP contribution is -2.35. The molecular weight excluding hydrogens is 628 g/mol. The molecule has 2 aromatic heterocycles. The van der Waals surface area contributed by atoms with Gasteiger partial charge in [0.2, 0.25) is 0 Å². The van der Waals surface area contributed by atoms with Gasteiger partial charge in [-0.3, -0.25) is 4.79 Å². The number of hydrogen-bond acceptors (Lipinski definition) is 10. The Bertz CT molecular complexity index is 1220. The van der Waals surface area contributed by atoms with E-state index in [4.69, 9.17) is 9.47 Å². The number of carbonyl (C=O) groups excluding carboxylic acids is 3. The summed E-state index contributed by atoms with van der Waals surface area (Å²) < 4.78 is 9.38. The largest absolute Gasteiger partial charge is 0.871 e. The molecule has 0 amide bonds. The third-order valence-electron chi connectivity index (χ3n) is 7.41. The van der Waals surface area contributed by atoms with E-state index in [1.807, 2.05) is 22.9 Å². The highest BCUT2D eigenvalue weighted by Crippen LogP contribution is 2.84. The lowest BCUT2D eigenvalue weighted by Gasteiger charge is -2.45. The molecule has 0 fully saturated rings. The molecule has 0 radical (unpaired) electrons. The molecule has 0 unspecified atom stereocenters. The number of hydrogen-bond donors (Lipinski definition) is 0. The highest BCUT2D eigenvalue weighted by Gasteiger charge is 2.65. The van der Waals surface area contributed by atoms with Crippen molar-refractivity contribution in [1.29, 1.82) is 0 Å². The molecule has 0 aliphatic carbocycles. The summed E-state index contributed by atoms with van der Waals surface area (Å²) in [5.74, 6) is -1.56. The average Bonchev–Trinajstić information content (AvgIpc) is 3.80. The SMILES string of the molecule is CCCC[P+](CCCC)(CCCC)C1(/C(CC(=O)c2cccs2)=C(/[O-])c2cccs2)SC(C(=O)OC)=C(C(=O)OC)S1. The van der Waals surface area contributed by atoms with E-state index in [9.17, 15) is 19.5 Å². The minimum Gasteiger partial charge on any atom is -0.871 e. The Morgan fingerprint density at radius 1 is 0.786 bits per heavy atom. The second kappa shape index (κ2) is 16.5. The van der Waals surface area contributed by atoms with Crippen LogP contribution in [0.5, 0.6) is 0 Å². The van der Waals surface area contributed by atoms with Gasteiger partial charge in [0.15, 0.2) is 9.60 Å². The minimum absolute atomic E-state index is 0.0771. The summed E-state index contributed by atoms with van der Waals surface area (Å²) in [4.78, 5) is 41.8. The molecule has 0 atom stereocenters. The van der Waals surface area contributed by atoms with Crippen LogP contribution in [0.25, 0.3) is 5.76 Å². The number of Topliss-reactive ketones (excluding diaryl/α,β-unsaturated/α-hetero) is 1. The lowest BCUT2D eigenvalue weighted by atomic mass is 10.1. The molecule has 0 aromatic carbocycles. The highest BCUT2D eigenvalue weighted by atomic mass is 32.2. The van der Waals surface area contributed by atoms with Gasteiger partial charge in [-0.25, -0.2) is 9.59 Å². The third kappa shape index (κ3) is 7.55. The molecular formula is C31H41O6PS4. The second-order valence-electron chi connectivity index (χ2n) is 10.2. The van der Waals surface area contributed by atoms with Gasteiger partial charge in [-0.2, -0.15) is 0 Å². The van der Waals surface area contributed by atoms with Crippen LogP contribution < -0.4 is 5.11 Å². The summed E-state index contributed by atoms with van der Waals surface area (Å²) in [6, 6.07) is 7.25. The predicted octanol–water partition coefficient (Wildman–Crippen LogP) is 8.26. The number of ketones is 1. The Morgan fingerprint density at radius 2 is 1.24 bits per heavy atom. The van der Waals surface area contributed by atoms with Gasteiger partial charge in [-0.05, 0) is 47.7 Å². The first-order valence-electron chi connectivity index (χ1n) is 14.4. The van der Waals surface area contributed by atoms with Gasteiger partial charge in [0.05, 0.1) is 37.6 Å². The minimum atomic E-state index is -2.18. The quantitative estimate of drug-likeness (QED) is 0.0720. The maximum atomic E-state index is 14.6. The average molecular weight is 669 g/mol. The Kier molecular flexibility index (Phi) is 13.7. The van der Waals surface area contributed by atoms with E-state index in [1.165, 1.54) is 60.4 Å². The fourth-order valence-corrected chi connectivity index (χ4v) is 18.1. The molecule has 3 heterocycles. The highest BCUT2D eigenvalue weighted by molar-refractivity contribution is 8.33. The molecule has 0 saturated carbocycles. The molecule has 0 N–H and O–H groups in total. The van der Waals surface area contributed by atoms with Gasteiger partial charge in [0.25, 0.3) is 0 Å². The molecule has 1 aliphatic heterocycles. The van der Waals surface area contributed by atoms with Gasteiger partial charge in [0.1, 0.15) is 9.81 Å². The van der Waals surface area contributed by atoms with Crippen molar-refractivity contribution >= 4 is 76.9 Å². The number of esters is 2. The van der Waals surface area contributed by atoms with Crippen LogP contribution in [0.3, 0.4) is 0 Å². The molecule has 0 spiro atoms. The van der Waals surface area contributed by atoms with E-state index in [-0.39, 0.29) is 27.8 Å². The maximum Gasteiger partial charge on any atom is 0.345 e. The summed E-state index contributed by atoms with van der Waals surface area (Å²) in [7, 11) is 0.415. The standard InChI is InChI=1S/C31H41O6PS4/c1-6-9-16-38(17-10-7-2,18-11-8-3)31(41-27(29(34)36-4)28(42-31)30(35)37-5)22(26(33)25-15-13-20-40-25)21-23(32)24-14-12-19-39-24/h12-15,19-20H,6-11,16-18,21H2,1-5H3/b26-22+. The first kappa shape index (κ1) is 34.9. The zero-order chi connectivity index (χ0) is 30.8. The van der Waals surface area contributed by atoms with Crippen molar-refractivity contribution in [2.24, 2.45) is 0 Å². The van der Waals surface area contributed by atoms with Gasteiger partial charge < -0.3 is 14.6 Å². The zero-order valence-corrected chi connectivity index (χ0v) is 29.2. The number of rotatable bonds is 17. The molecule has 42 heavy (non-hydrogen) atoms. The fourth-order valence-electron chi connectivity index (χ4n) is 5.18. The molecule has 6 nitrogen and oxygen atoms in total. The lowest BCUT2D eigenvalue weighted by molar-refractivity contribution is -0.244. The smallest absolute Gasteiger partial charge is 0.345 e. The molecule has 11 heteroatoms. The summed E-state index contributed by atoms with van der Waals surface area (Å²) in [6.45, 7) is 6.49. The van der Waals surface area contributed by atoms with Crippen molar-refractivity contribution in [2.45, 2.75) is 69.5 Å². The summed E-state index contributed by atoms with van der Waals surface area (Å²) in [5.41, 5.74) is 0.482. The van der Waals surface area contributed by atoms with E-state index in [0.29, 0.717) is 15.3 Å². The topological polar surface area (TPSA) is 92.7 Å². The van der Waals surface area contributed by atoms with Crippen molar-refractivity contribution in [3.05, 3.63) is 60.2 Å².